The summed E-state index contributed by atoms with van der Waals surface area (Å²) >= 11 is 0. The molecule has 1 unspecified atom stereocenters. The number of likely N-dealkylation sites (N-methyl/N-ethyl adjacent to an activating group) is 1. The van der Waals surface area contributed by atoms with Gasteiger partial charge in [-0.05, 0) is 68.1 Å². The van der Waals surface area contributed by atoms with Gasteiger partial charge in [0, 0.05) is 18.1 Å². The van der Waals surface area contributed by atoms with Gasteiger partial charge in [0.05, 0.1) is 17.2 Å². The lowest BCUT2D eigenvalue weighted by atomic mass is 9.77. The van der Waals surface area contributed by atoms with Crippen molar-refractivity contribution in [1.29, 1.82) is 0 Å². The monoisotopic (exact) mass is 462 g/mol. The molecule has 2 aliphatic heterocycles. The van der Waals surface area contributed by atoms with Gasteiger partial charge in [-0.15, -0.1) is 0 Å². The Bertz CT molecular complexity index is 1520. The summed E-state index contributed by atoms with van der Waals surface area (Å²) in [4.78, 5) is 19.8. The van der Waals surface area contributed by atoms with Gasteiger partial charge in [0.1, 0.15) is 17.2 Å². The first-order chi connectivity index (χ1) is 16.8. The Morgan fingerprint density at radius 3 is 2.49 bits per heavy atom. The molecule has 1 atom stereocenters. The Kier molecular flexibility index (Phi) is 4.55. The Morgan fingerprint density at radius 2 is 1.71 bits per heavy atom. The van der Waals surface area contributed by atoms with Gasteiger partial charge in [0.25, 0.3) is 0 Å². The number of anilines is 1. The predicted octanol–water partition coefficient (Wildman–Crippen LogP) is 6.59. The average Bonchev–Trinajstić information content (AvgIpc) is 3.02. The lowest BCUT2D eigenvalue weighted by Gasteiger charge is -2.45. The summed E-state index contributed by atoms with van der Waals surface area (Å²) < 4.78 is 12.5. The minimum atomic E-state index is -0.743. The molecule has 4 aromatic rings. The van der Waals surface area contributed by atoms with E-state index < -0.39 is 5.72 Å². The Balaban J connectivity index is 1.38. The third kappa shape index (κ3) is 3.08. The van der Waals surface area contributed by atoms with Crippen LogP contribution in [0, 0.1) is 6.92 Å². The van der Waals surface area contributed by atoms with Crippen LogP contribution in [0.15, 0.2) is 83.9 Å². The van der Waals surface area contributed by atoms with Crippen molar-refractivity contribution in [1.82, 2.24) is 0 Å². The number of aryl methyl sites for hydroxylation is 1. The molecular formula is C30H26N2O3. The zero-order chi connectivity index (χ0) is 24.4. The molecule has 2 aliphatic rings. The molecule has 0 aliphatic carbocycles. The molecule has 1 spiro atoms. The number of para-hydroxylation sites is 1. The Labute approximate surface area is 204 Å². The van der Waals surface area contributed by atoms with Gasteiger partial charge in [-0.25, -0.2) is 4.79 Å². The van der Waals surface area contributed by atoms with Crippen LogP contribution in [0.1, 0.15) is 35.3 Å². The van der Waals surface area contributed by atoms with E-state index in [9.17, 15) is 4.79 Å². The van der Waals surface area contributed by atoms with Crippen molar-refractivity contribution in [2.24, 2.45) is 4.99 Å². The van der Waals surface area contributed by atoms with E-state index in [-0.39, 0.29) is 11.4 Å². The summed E-state index contributed by atoms with van der Waals surface area (Å²) in [5.41, 5.74) is 3.64. The van der Waals surface area contributed by atoms with Gasteiger partial charge in [-0.1, -0.05) is 48.0 Å². The number of esters is 1. The minimum Gasteiger partial charge on any atom is -0.459 e. The SMILES string of the molecule is Cc1ccc(C(=O)Oc2ccc3ccc4c(c3c2)N=CC2(O4)N(C)c3ccccc3C2(C)C)cc1. The smallest absolute Gasteiger partial charge is 0.343 e. The largest absolute Gasteiger partial charge is 0.459 e. The highest BCUT2D eigenvalue weighted by atomic mass is 16.5. The topological polar surface area (TPSA) is 51.1 Å². The molecule has 0 radical (unpaired) electrons. The third-order valence-corrected chi connectivity index (χ3v) is 7.39. The molecule has 0 bridgehead atoms. The summed E-state index contributed by atoms with van der Waals surface area (Å²) in [6.07, 6.45) is 1.92. The van der Waals surface area contributed by atoms with Crippen LogP contribution in [-0.4, -0.2) is 25.0 Å². The molecule has 5 heteroatoms. The van der Waals surface area contributed by atoms with Crippen molar-refractivity contribution in [3.63, 3.8) is 0 Å². The number of ether oxygens (including phenoxy) is 2. The van der Waals surface area contributed by atoms with E-state index in [1.165, 1.54) is 5.56 Å². The molecule has 0 saturated heterocycles. The molecule has 0 fully saturated rings. The minimum absolute atomic E-state index is 0.320. The molecule has 0 aromatic heterocycles. The number of hydrogen-bond acceptors (Lipinski definition) is 5. The van der Waals surface area contributed by atoms with Crippen LogP contribution < -0.4 is 14.4 Å². The number of nitrogens with zero attached hydrogens (tertiary/aromatic N) is 2. The van der Waals surface area contributed by atoms with Gasteiger partial charge >= 0.3 is 5.97 Å². The van der Waals surface area contributed by atoms with E-state index in [0.29, 0.717) is 17.1 Å². The molecule has 35 heavy (non-hydrogen) atoms. The Morgan fingerprint density at radius 1 is 0.971 bits per heavy atom. The van der Waals surface area contributed by atoms with E-state index in [2.05, 4.69) is 36.9 Å². The molecule has 5 nitrogen and oxygen atoms in total. The van der Waals surface area contributed by atoms with Crippen LogP contribution in [-0.2, 0) is 5.41 Å². The molecule has 174 valence electrons. The molecular weight excluding hydrogens is 436 g/mol. The molecule has 2 heterocycles. The summed E-state index contributed by atoms with van der Waals surface area (Å²) in [7, 11) is 2.05. The van der Waals surface area contributed by atoms with E-state index >= 15 is 0 Å². The Hall–Kier alpha value is -4.12. The third-order valence-electron chi connectivity index (χ3n) is 7.39. The quantitative estimate of drug-likeness (QED) is 0.249. The number of aliphatic imine (C=N–C) groups is 1. The van der Waals surface area contributed by atoms with Crippen LogP contribution in [0.3, 0.4) is 0 Å². The predicted molar refractivity (Wildman–Crippen MR) is 139 cm³/mol. The van der Waals surface area contributed by atoms with Gasteiger partial charge in [-0.3, -0.25) is 4.99 Å². The molecule has 4 aromatic carbocycles. The number of fused-ring (bicyclic) bond motifs is 4. The fourth-order valence-corrected chi connectivity index (χ4v) is 5.27. The first-order valence-electron chi connectivity index (χ1n) is 11.7. The first kappa shape index (κ1) is 21.4. The number of rotatable bonds is 2. The van der Waals surface area contributed by atoms with Crippen molar-refractivity contribution >= 4 is 34.3 Å². The maximum Gasteiger partial charge on any atom is 0.343 e. The zero-order valence-corrected chi connectivity index (χ0v) is 20.2. The second-order valence-corrected chi connectivity index (χ2v) is 9.81. The van der Waals surface area contributed by atoms with E-state index in [1.807, 2.05) is 62.7 Å². The fraction of sp³-hybridized carbons (Fsp3) is 0.200. The lowest BCUT2D eigenvalue weighted by molar-refractivity contribution is 0.0735. The standard InChI is InChI=1S/C30H26N2O3/c1-19-9-11-21(12-10-19)28(33)34-22-15-13-20-14-16-26-27(23(20)17-22)31-18-30(35-26)29(2,3)24-7-5-6-8-25(24)32(30)4/h5-18H,1-4H3. The maximum atomic E-state index is 12.7. The second-order valence-electron chi connectivity index (χ2n) is 9.81. The summed E-state index contributed by atoms with van der Waals surface area (Å²) in [6, 6.07) is 25.3. The van der Waals surface area contributed by atoms with Gasteiger partial charge in [0.15, 0.2) is 0 Å². The van der Waals surface area contributed by atoms with Crippen LogP contribution in [0.5, 0.6) is 11.5 Å². The van der Waals surface area contributed by atoms with Crippen LogP contribution >= 0.6 is 0 Å². The molecule has 6 rings (SSSR count). The summed E-state index contributed by atoms with van der Waals surface area (Å²) in [6.45, 7) is 6.36. The van der Waals surface area contributed by atoms with Crippen molar-refractivity contribution in [2.75, 3.05) is 11.9 Å². The van der Waals surface area contributed by atoms with Crippen LogP contribution in [0.2, 0.25) is 0 Å². The summed E-state index contributed by atoms with van der Waals surface area (Å²) in [5.74, 6) is 0.785. The van der Waals surface area contributed by atoms with Crippen molar-refractivity contribution < 1.29 is 14.3 Å². The van der Waals surface area contributed by atoms with Crippen LogP contribution in [0.25, 0.3) is 10.8 Å². The number of benzene rings is 4. The van der Waals surface area contributed by atoms with Gasteiger partial charge in [0.2, 0.25) is 5.72 Å². The van der Waals surface area contributed by atoms with Gasteiger partial charge < -0.3 is 14.4 Å². The maximum absolute atomic E-state index is 12.7. The number of carbonyl (C=O) groups excluding carboxylic acids is 1. The van der Waals surface area contributed by atoms with E-state index in [4.69, 9.17) is 14.5 Å². The normalized spacial score (nSPS) is 19.4. The summed E-state index contributed by atoms with van der Waals surface area (Å²) in [5, 5.41) is 1.87. The number of hydrogen-bond donors (Lipinski definition) is 0. The molecule has 0 amide bonds. The van der Waals surface area contributed by atoms with E-state index in [0.717, 1.165) is 27.7 Å². The van der Waals surface area contributed by atoms with Crippen molar-refractivity contribution in [3.05, 3.63) is 95.6 Å². The van der Waals surface area contributed by atoms with Crippen molar-refractivity contribution in [2.45, 2.75) is 31.9 Å². The zero-order valence-electron chi connectivity index (χ0n) is 20.2. The highest BCUT2D eigenvalue weighted by Crippen LogP contribution is 2.54. The fourth-order valence-electron chi connectivity index (χ4n) is 5.27. The first-order valence-corrected chi connectivity index (χ1v) is 11.7. The molecule has 0 saturated carbocycles. The average molecular weight is 463 g/mol. The molecule has 0 N–H and O–H groups in total. The second kappa shape index (κ2) is 7.44. The highest BCUT2D eigenvalue weighted by molar-refractivity contribution is 6.01. The lowest BCUT2D eigenvalue weighted by Crippen LogP contribution is -2.61. The highest BCUT2D eigenvalue weighted by Gasteiger charge is 2.58. The van der Waals surface area contributed by atoms with Crippen LogP contribution in [0.4, 0.5) is 11.4 Å². The number of carbonyl (C=O) groups is 1. The van der Waals surface area contributed by atoms with Crippen molar-refractivity contribution in [3.8, 4) is 11.5 Å². The van der Waals surface area contributed by atoms with E-state index in [1.54, 1.807) is 18.2 Å². The van der Waals surface area contributed by atoms with Gasteiger partial charge in [-0.2, -0.15) is 0 Å².